The maximum atomic E-state index is 2.48. The molecule has 0 aliphatic carbocycles. The molecule has 0 unspecified atom stereocenters. The molecule has 0 radical (unpaired) electrons. The Labute approximate surface area is 135 Å². The van der Waals surface area contributed by atoms with Crippen molar-refractivity contribution >= 4 is 0 Å². The quantitative estimate of drug-likeness (QED) is 0.385. The van der Waals surface area contributed by atoms with Gasteiger partial charge < -0.3 is 4.90 Å². The van der Waals surface area contributed by atoms with Gasteiger partial charge in [-0.05, 0) is 38.9 Å². The number of nitrogens with zero attached hydrogens (tertiary/aromatic N) is 1. The van der Waals surface area contributed by atoms with Gasteiger partial charge in [-0.15, -0.1) is 0 Å². The first-order valence-electron chi connectivity index (χ1n) is 10.0. The Morgan fingerprint density at radius 2 is 1.14 bits per heavy atom. The summed E-state index contributed by atoms with van der Waals surface area (Å²) < 4.78 is 0. The summed E-state index contributed by atoms with van der Waals surface area (Å²) in [5.41, 5.74) is 0. The van der Waals surface area contributed by atoms with Crippen LogP contribution in [0, 0.1) is 5.92 Å². The molecule has 128 valence electrons. The third-order valence-corrected chi connectivity index (χ3v) is 4.80. The largest absolute Gasteiger partial charge is 0.306 e. The zero-order valence-corrected chi connectivity index (χ0v) is 15.6. The van der Waals surface area contributed by atoms with Crippen LogP contribution >= 0.6 is 0 Å². The normalized spacial score (nSPS) is 16.6. The van der Waals surface area contributed by atoms with Crippen LogP contribution in [-0.2, 0) is 0 Å². The fourth-order valence-corrected chi connectivity index (χ4v) is 3.27. The van der Waals surface area contributed by atoms with E-state index < -0.39 is 0 Å². The van der Waals surface area contributed by atoms with Gasteiger partial charge in [-0.25, -0.2) is 0 Å². The zero-order chi connectivity index (χ0) is 15.8. The molecule has 1 aliphatic heterocycles. The van der Waals surface area contributed by atoms with Crippen LogP contribution in [0.1, 0.15) is 104 Å². The van der Waals surface area contributed by atoms with E-state index in [-0.39, 0.29) is 0 Å². The number of likely N-dealkylation sites (tertiary alicyclic amines) is 1. The number of hydrogen-bond acceptors (Lipinski definition) is 1. The van der Waals surface area contributed by atoms with Crippen molar-refractivity contribution in [2.45, 2.75) is 104 Å². The van der Waals surface area contributed by atoms with Crippen LogP contribution in [0.4, 0.5) is 0 Å². The van der Waals surface area contributed by atoms with Crippen LogP contribution in [0.15, 0.2) is 0 Å². The van der Waals surface area contributed by atoms with Crippen molar-refractivity contribution in [1.29, 1.82) is 0 Å². The second kappa shape index (κ2) is 16.3. The van der Waals surface area contributed by atoms with Crippen LogP contribution in [0.3, 0.4) is 0 Å². The van der Waals surface area contributed by atoms with Gasteiger partial charge in [0.05, 0.1) is 0 Å². The second-order valence-electron chi connectivity index (χ2n) is 6.72. The summed E-state index contributed by atoms with van der Waals surface area (Å²) in [6, 6.07) is 0. The summed E-state index contributed by atoms with van der Waals surface area (Å²) in [6.45, 7) is 8.97. The molecule has 0 aromatic carbocycles. The van der Waals surface area contributed by atoms with Gasteiger partial charge in [0.1, 0.15) is 0 Å². The van der Waals surface area contributed by atoms with Crippen LogP contribution in [0.2, 0.25) is 0 Å². The Kier molecular flexibility index (Phi) is 16.3. The Balaban J connectivity index is 0.00000191. The van der Waals surface area contributed by atoms with E-state index in [1.165, 1.54) is 96.6 Å². The van der Waals surface area contributed by atoms with Gasteiger partial charge in [-0.1, -0.05) is 91.4 Å². The van der Waals surface area contributed by atoms with Crippen molar-refractivity contribution in [3.05, 3.63) is 0 Å². The maximum Gasteiger partial charge on any atom is -0.00191 e. The van der Waals surface area contributed by atoms with Crippen molar-refractivity contribution in [2.75, 3.05) is 20.1 Å². The van der Waals surface area contributed by atoms with Crippen molar-refractivity contribution in [1.82, 2.24) is 4.90 Å². The standard InChI is InChI=1S/C18H37N.C2H6/c1-3-4-5-6-7-8-9-10-11-12-13-18-14-16-19(2)17-15-18;1-2/h18H,3-17H2,1-2H3;1-2H3. The number of unbranched alkanes of at least 4 members (excludes halogenated alkanes) is 9. The molecule has 1 saturated heterocycles. The Morgan fingerprint density at radius 1 is 0.714 bits per heavy atom. The average molecular weight is 298 g/mol. The molecule has 0 spiro atoms. The molecule has 0 aromatic rings. The molecule has 1 nitrogen and oxygen atoms in total. The molecule has 0 atom stereocenters. The first-order chi connectivity index (χ1) is 10.3. The van der Waals surface area contributed by atoms with E-state index in [9.17, 15) is 0 Å². The number of rotatable bonds is 11. The summed E-state index contributed by atoms with van der Waals surface area (Å²) in [6.07, 6.45) is 19.1. The SMILES string of the molecule is CC.CCCCCCCCCCCCC1CCN(C)CC1. The van der Waals surface area contributed by atoms with Gasteiger partial charge in [-0.3, -0.25) is 0 Å². The minimum Gasteiger partial charge on any atom is -0.306 e. The van der Waals surface area contributed by atoms with Gasteiger partial charge in [0.15, 0.2) is 0 Å². The molecule has 1 rings (SSSR count). The van der Waals surface area contributed by atoms with Crippen LogP contribution in [0.5, 0.6) is 0 Å². The summed E-state index contributed by atoms with van der Waals surface area (Å²) in [5.74, 6) is 1.05. The van der Waals surface area contributed by atoms with Crippen molar-refractivity contribution in [3.8, 4) is 0 Å². The van der Waals surface area contributed by atoms with E-state index in [1.807, 2.05) is 13.8 Å². The first-order valence-corrected chi connectivity index (χ1v) is 10.0. The summed E-state index contributed by atoms with van der Waals surface area (Å²) >= 11 is 0. The van der Waals surface area contributed by atoms with Gasteiger partial charge in [0.2, 0.25) is 0 Å². The average Bonchev–Trinajstić information content (AvgIpc) is 2.53. The number of piperidine rings is 1. The van der Waals surface area contributed by atoms with Gasteiger partial charge >= 0.3 is 0 Å². The molecule has 21 heavy (non-hydrogen) atoms. The molecule has 0 N–H and O–H groups in total. The molecular formula is C20H43N. The third kappa shape index (κ3) is 13.4. The molecule has 0 saturated carbocycles. The zero-order valence-electron chi connectivity index (χ0n) is 15.6. The molecule has 1 aliphatic rings. The Hall–Kier alpha value is -0.0400. The highest BCUT2D eigenvalue weighted by Crippen LogP contribution is 2.22. The van der Waals surface area contributed by atoms with Crippen molar-refractivity contribution < 1.29 is 0 Å². The third-order valence-electron chi connectivity index (χ3n) is 4.80. The monoisotopic (exact) mass is 297 g/mol. The van der Waals surface area contributed by atoms with E-state index >= 15 is 0 Å². The topological polar surface area (TPSA) is 3.24 Å². The molecule has 0 aromatic heterocycles. The lowest BCUT2D eigenvalue weighted by molar-refractivity contribution is 0.209. The lowest BCUT2D eigenvalue weighted by Crippen LogP contribution is -2.30. The van der Waals surface area contributed by atoms with E-state index in [1.54, 1.807) is 0 Å². The van der Waals surface area contributed by atoms with Gasteiger partial charge in [0, 0.05) is 0 Å². The van der Waals surface area contributed by atoms with Crippen LogP contribution < -0.4 is 0 Å². The van der Waals surface area contributed by atoms with Crippen molar-refractivity contribution in [3.63, 3.8) is 0 Å². The minimum absolute atomic E-state index is 1.05. The predicted octanol–water partition coefficient (Wildman–Crippen LogP) is 6.67. The van der Waals surface area contributed by atoms with Crippen LogP contribution in [-0.4, -0.2) is 25.0 Å². The highest BCUT2D eigenvalue weighted by atomic mass is 15.1. The first kappa shape index (κ1) is 21.0. The summed E-state index contributed by atoms with van der Waals surface area (Å²) in [4.78, 5) is 2.48. The molecule has 1 heterocycles. The minimum atomic E-state index is 1.05. The van der Waals surface area contributed by atoms with E-state index in [0.717, 1.165) is 5.92 Å². The molecule has 1 heteroatoms. The van der Waals surface area contributed by atoms with E-state index in [2.05, 4.69) is 18.9 Å². The summed E-state index contributed by atoms with van der Waals surface area (Å²) in [7, 11) is 2.26. The fourth-order valence-electron chi connectivity index (χ4n) is 3.27. The molecule has 0 amide bonds. The Bertz CT molecular complexity index is 182. The number of hydrogen-bond donors (Lipinski definition) is 0. The lowest BCUT2D eigenvalue weighted by atomic mass is 9.91. The smallest absolute Gasteiger partial charge is 0.00191 e. The second-order valence-corrected chi connectivity index (χ2v) is 6.72. The van der Waals surface area contributed by atoms with Gasteiger partial charge in [-0.2, -0.15) is 0 Å². The van der Waals surface area contributed by atoms with E-state index in [4.69, 9.17) is 0 Å². The lowest BCUT2D eigenvalue weighted by Gasteiger charge is -2.28. The highest BCUT2D eigenvalue weighted by molar-refractivity contribution is 4.69. The highest BCUT2D eigenvalue weighted by Gasteiger charge is 2.15. The predicted molar refractivity (Wildman–Crippen MR) is 98.0 cm³/mol. The summed E-state index contributed by atoms with van der Waals surface area (Å²) in [5, 5.41) is 0. The van der Waals surface area contributed by atoms with E-state index in [0.29, 0.717) is 0 Å². The fraction of sp³-hybridized carbons (Fsp3) is 1.00. The van der Waals surface area contributed by atoms with Crippen molar-refractivity contribution in [2.24, 2.45) is 5.92 Å². The Morgan fingerprint density at radius 3 is 1.62 bits per heavy atom. The molecular weight excluding hydrogens is 254 g/mol. The maximum absolute atomic E-state index is 2.48. The van der Waals surface area contributed by atoms with Crippen LogP contribution in [0.25, 0.3) is 0 Å². The molecule has 0 bridgehead atoms. The molecule has 1 fully saturated rings. The van der Waals surface area contributed by atoms with Gasteiger partial charge in [0.25, 0.3) is 0 Å².